The molecule has 0 radical (unpaired) electrons. The lowest BCUT2D eigenvalue weighted by Crippen LogP contribution is -2.30. The molecule has 0 saturated heterocycles. The number of aliphatic hydroxyl groups is 3. The number of amides is 3. The fourth-order valence-corrected chi connectivity index (χ4v) is 4.62. The number of ether oxygens (including phenoxy) is 3. The molecule has 57 heavy (non-hydrogen) atoms. The molecule has 354 valence electrons. The molecule has 3 unspecified atom stereocenters. The molecule has 3 amide bonds. The first-order valence-corrected chi connectivity index (χ1v) is 19.8. The molecule has 3 N–H and O–H groups in total. The third-order valence-corrected chi connectivity index (χ3v) is 8.04. The Bertz CT molecular complexity index is 787. The molecule has 0 saturated carbocycles. The van der Waals surface area contributed by atoms with Gasteiger partial charge in [0.25, 0.3) is 0 Å². The molecular formula is C45H105N3O9. The van der Waals surface area contributed by atoms with E-state index in [4.69, 9.17) is 29.5 Å². The number of unbranched alkanes of at least 4 members (excludes halogenated alkanes) is 15. The standard InChI is InChI=1S/C14H29NO3.C13H27NO3.C12H25NO3.6CH4/c1-4-5-6-7-8-9-10-11-14(17)15(3)12-18-13(2)16;1-4-5-6-7-8-9-10-13(16)14(3)11-17-12(2)15;1-4-5-6-7-8-9-12(15)13(3)10-16-11(2)14;;;;;;/h13,16H,4-12H2,1-3H3;12,15H,4-11H2,1-3H3;11,14H,4-10H2,1-3H3;6*1H4. The zero-order chi connectivity index (χ0) is 39.3. The first-order valence-electron chi connectivity index (χ1n) is 19.8. The molecule has 0 aromatic carbocycles. The van der Waals surface area contributed by atoms with Crippen LogP contribution in [0.1, 0.15) is 221 Å². The van der Waals surface area contributed by atoms with Gasteiger partial charge in [-0.3, -0.25) is 14.4 Å². The highest BCUT2D eigenvalue weighted by Crippen LogP contribution is 2.10. The van der Waals surface area contributed by atoms with E-state index in [0.29, 0.717) is 19.3 Å². The van der Waals surface area contributed by atoms with Crippen molar-refractivity contribution in [3.8, 4) is 0 Å². The maximum atomic E-state index is 11.7. The van der Waals surface area contributed by atoms with Crippen molar-refractivity contribution in [2.75, 3.05) is 41.3 Å². The molecule has 0 aliphatic carbocycles. The monoisotopic (exact) mass is 832 g/mol. The highest BCUT2D eigenvalue weighted by atomic mass is 16.6. The van der Waals surface area contributed by atoms with Crippen molar-refractivity contribution in [1.29, 1.82) is 0 Å². The van der Waals surface area contributed by atoms with Crippen LogP contribution >= 0.6 is 0 Å². The first kappa shape index (κ1) is 75.9. The topological polar surface area (TPSA) is 149 Å². The van der Waals surface area contributed by atoms with Crippen LogP contribution in [0.25, 0.3) is 0 Å². The van der Waals surface area contributed by atoms with Gasteiger partial charge >= 0.3 is 0 Å². The van der Waals surface area contributed by atoms with Gasteiger partial charge < -0.3 is 44.2 Å². The van der Waals surface area contributed by atoms with Gasteiger partial charge in [0.15, 0.2) is 18.9 Å². The SMILES string of the molecule is C.C.C.C.C.C.CCCCCCCC(=O)N(C)COC(C)O.CCCCCCCCC(=O)N(C)COC(C)O.CCCCCCCCCC(=O)N(C)COC(C)O. The van der Waals surface area contributed by atoms with Crippen molar-refractivity contribution in [1.82, 2.24) is 14.7 Å². The van der Waals surface area contributed by atoms with Crippen LogP contribution in [-0.2, 0) is 28.6 Å². The van der Waals surface area contributed by atoms with Crippen LogP contribution in [0.4, 0.5) is 0 Å². The minimum Gasteiger partial charge on any atom is -0.368 e. The summed E-state index contributed by atoms with van der Waals surface area (Å²) < 4.78 is 14.8. The van der Waals surface area contributed by atoms with Gasteiger partial charge in [0.2, 0.25) is 17.7 Å². The lowest BCUT2D eigenvalue weighted by Gasteiger charge is -2.18. The van der Waals surface area contributed by atoms with Crippen molar-refractivity contribution in [2.24, 2.45) is 0 Å². The Labute approximate surface area is 356 Å². The van der Waals surface area contributed by atoms with Gasteiger partial charge in [-0.2, -0.15) is 0 Å². The second-order valence-electron chi connectivity index (χ2n) is 13.5. The van der Waals surface area contributed by atoms with E-state index >= 15 is 0 Å². The maximum Gasteiger partial charge on any atom is 0.224 e. The van der Waals surface area contributed by atoms with E-state index < -0.39 is 18.9 Å². The van der Waals surface area contributed by atoms with Gasteiger partial charge in [-0.05, 0) is 40.0 Å². The molecule has 0 bridgehead atoms. The molecule has 0 heterocycles. The molecule has 0 aromatic heterocycles. The zero-order valence-corrected chi connectivity index (χ0v) is 34.3. The van der Waals surface area contributed by atoms with E-state index in [9.17, 15) is 14.4 Å². The van der Waals surface area contributed by atoms with Crippen LogP contribution < -0.4 is 0 Å². The van der Waals surface area contributed by atoms with Crippen LogP contribution in [0.2, 0.25) is 0 Å². The van der Waals surface area contributed by atoms with E-state index in [1.165, 1.54) is 113 Å². The largest absolute Gasteiger partial charge is 0.368 e. The van der Waals surface area contributed by atoms with Gasteiger partial charge in [-0.25, -0.2) is 0 Å². The van der Waals surface area contributed by atoms with Crippen LogP contribution in [0.5, 0.6) is 0 Å². The average molecular weight is 832 g/mol. The lowest BCUT2D eigenvalue weighted by atomic mass is 10.1. The summed E-state index contributed by atoms with van der Waals surface area (Å²) >= 11 is 0. The van der Waals surface area contributed by atoms with E-state index in [-0.39, 0.29) is 82.5 Å². The summed E-state index contributed by atoms with van der Waals surface area (Å²) in [5, 5.41) is 26.8. The average Bonchev–Trinajstić information content (AvgIpc) is 3.09. The van der Waals surface area contributed by atoms with Crippen molar-refractivity contribution < 1.29 is 43.9 Å². The smallest absolute Gasteiger partial charge is 0.224 e. The molecule has 12 heteroatoms. The second kappa shape index (κ2) is 56.3. The normalized spacial score (nSPS) is 11.2. The number of carbonyl (C=O) groups is 3. The van der Waals surface area contributed by atoms with Crippen molar-refractivity contribution in [3.05, 3.63) is 0 Å². The number of nitrogens with zero attached hydrogens (tertiary/aromatic N) is 3. The minimum absolute atomic E-state index is 0. The molecule has 0 rings (SSSR count). The van der Waals surface area contributed by atoms with Gasteiger partial charge in [0.05, 0.1) is 0 Å². The number of hydrogen-bond acceptors (Lipinski definition) is 9. The highest BCUT2D eigenvalue weighted by Gasteiger charge is 2.11. The Morgan fingerprint density at radius 2 is 0.561 bits per heavy atom. The minimum atomic E-state index is -0.821. The summed E-state index contributed by atoms with van der Waals surface area (Å²) in [5.41, 5.74) is 0. The molecule has 3 atom stereocenters. The molecular weight excluding hydrogens is 727 g/mol. The third kappa shape index (κ3) is 61.0. The Kier molecular flexibility index (Phi) is 75.0. The fraction of sp³-hybridized carbons (Fsp3) is 0.933. The summed E-state index contributed by atoms with van der Waals surface area (Å²) in [6.07, 6.45) is 20.6. The first-order chi connectivity index (χ1) is 24.2. The summed E-state index contributed by atoms with van der Waals surface area (Å²) in [4.78, 5) is 39.4. The number of aliphatic hydroxyl groups excluding tert-OH is 3. The summed E-state index contributed by atoms with van der Waals surface area (Å²) in [6.45, 7) is 11.7. The molecule has 0 fully saturated rings. The molecule has 0 aliphatic rings. The summed E-state index contributed by atoms with van der Waals surface area (Å²) in [6, 6.07) is 0. The zero-order valence-electron chi connectivity index (χ0n) is 34.3. The van der Waals surface area contributed by atoms with E-state index in [1.54, 1.807) is 21.1 Å². The molecule has 0 spiro atoms. The Hall–Kier alpha value is -1.83. The van der Waals surface area contributed by atoms with Crippen molar-refractivity contribution in [3.63, 3.8) is 0 Å². The van der Waals surface area contributed by atoms with Crippen LogP contribution in [0, 0.1) is 0 Å². The highest BCUT2D eigenvalue weighted by molar-refractivity contribution is 5.76. The van der Waals surface area contributed by atoms with Gasteiger partial charge in [-0.1, -0.05) is 162 Å². The predicted octanol–water partition coefficient (Wildman–Crippen LogP) is 11.3. The number of rotatable bonds is 30. The second-order valence-corrected chi connectivity index (χ2v) is 13.5. The lowest BCUT2D eigenvalue weighted by molar-refractivity contribution is -0.149. The van der Waals surface area contributed by atoms with E-state index in [2.05, 4.69) is 20.8 Å². The fourth-order valence-electron chi connectivity index (χ4n) is 4.62. The number of hydrogen-bond donors (Lipinski definition) is 3. The maximum absolute atomic E-state index is 11.7. The molecule has 12 nitrogen and oxygen atoms in total. The van der Waals surface area contributed by atoms with Crippen LogP contribution in [-0.4, -0.2) is 108 Å². The van der Waals surface area contributed by atoms with E-state index in [0.717, 1.165) is 38.5 Å². The summed E-state index contributed by atoms with van der Waals surface area (Å²) in [5.74, 6) is 0.252. The predicted molar refractivity (Wildman–Crippen MR) is 246 cm³/mol. The van der Waals surface area contributed by atoms with Gasteiger partial charge in [0, 0.05) is 40.4 Å². The quantitative estimate of drug-likeness (QED) is 0.0475. The van der Waals surface area contributed by atoms with Gasteiger partial charge in [-0.15, -0.1) is 0 Å². The Balaban J connectivity index is -0.0000000824. The number of carbonyl (C=O) groups excluding carboxylic acids is 3. The third-order valence-electron chi connectivity index (χ3n) is 8.04. The van der Waals surface area contributed by atoms with Gasteiger partial charge in [0.1, 0.15) is 20.2 Å². The molecule has 0 aliphatic heterocycles. The summed E-state index contributed by atoms with van der Waals surface area (Å²) in [7, 11) is 5.09. The van der Waals surface area contributed by atoms with Crippen molar-refractivity contribution >= 4 is 17.7 Å². The van der Waals surface area contributed by atoms with Crippen LogP contribution in [0.3, 0.4) is 0 Å². The van der Waals surface area contributed by atoms with Crippen molar-refractivity contribution in [2.45, 2.75) is 240 Å². The Morgan fingerprint density at radius 3 is 0.737 bits per heavy atom. The van der Waals surface area contributed by atoms with E-state index in [1.807, 2.05) is 0 Å². The Morgan fingerprint density at radius 1 is 0.386 bits per heavy atom. The molecule has 0 aromatic rings. The van der Waals surface area contributed by atoms with Crippen LogP contribution in [0.15, 0.2) is 0 Å².